The third-order valence-electron chi connectivity index (χ3n) is 5.07. The molecule has 0 fully saturated rings. The summed E-state index contributed by atoms with van der Waals surface area (Å²) in [6.45, 7) is 2.79. The number of aromatic nitrogens is 2. The topological polar surface area (TPSA) is 75.3 Å². The van der Waals surface area contributed by atoms with E-state index in [9.17, 15) is 9.59 Å². The number of nitrogens with zero attached hydrogens (tertiary/aromatic N) is 2. The lowest BCUT2D eigenvalue weighted by Crippen LogP contribution is -2.41. The number of benzene rings is 2. The summed E-state index contributed by atoms with van der Waals surface area (Å²) >= 11 is 0. The maximum Gasteiger partial charge on any atom is 0.260 e. The van der Waals surface area contributed by atoms with Crippen molar-refractivity contribution in [2.45, 2.75) is 26.3 Å². The van der Waals surface area contributed by atoms with Crippen molar-refractivity contribution < 1.29 is 9.53 Å². The quantitative estimate of drug-likeness (QED) is 0.728. The summed E-state index contributed by atoms with van der Waals surface area (Å²) in [5.74, 6) is 1.17. The molecule has 0 unspecified atom stereocenters. The van der Waals surface area contributed by atoms with Crippen LogP contribution in [0.15, 0.2) is 59.4 Å². The van der Waals surface area contributed by atoms with Crippen LogP contribution in [0.1, 0.15) is 28.2 Å². The number of carbonyl (C=O) groups excluding carboxylic acids is 1. The molecule has 1 aliphatic rings. The first kappa shape index (κ1) is 18.9. The van der Waals surface area contributed by atoms with Crippen molar-refractivity contribution in [3.8, 4) is 5.75 Å². The molecule has 2 heterocycles. The van der Waals surface area contributed by atoms with E-state index in [-0.39, 0.29) is 24.6 Å². The standard InChI is InChI=1S/C23H23N3O3/c1-16-7-9-17(10-8-16)13-21-24-20-11-12-26(14-19(20)23(28)25-21)22(27)15-29-18-5-3-2-4-6-18/h2-10H,11-15H2,1H3,(H,24,25,28). The third kappa shape index (κ3) is 4.54. The minimum absolute atomic E-state index is 0.0454. The van der Waals surface area contributed by atoms with Crippen LogP contribution in [0.3, 0.4) is 0 Å². The normalized spacial score (nSPS) is 13.1. The van der Waals surface area contributed by atoms with E-state index < -0.39 is 0 Å². The first-order valence-corrected chi connectivity index (χ1v) is 9.70. The van der Waals surface area contributed by atoms with Crippen LogP contribution in [0.25, 0.3) is 0 Å². The second-order valence-corrected chi connectivity index (χ2v) is 7.27. The van der Waals surface area contributed by atoms with Gasteiger partial charge in [-0.1, -0.05) is 48.0 Å². The number of hydrogen-bond donors (Lipinski definition) is 1. The van der Waals surface area contributed by atoms with Gasteiger partial charge in [0.1, 0.15) is 11.6 Å². The molecule has 6 heteroatoms. The van der Waals surface area contributed by atoms with Crippen molar-refractivity contribution in [2.24, 2.45) is 0 Å². The highest BCUT2D eigenvalue weighted by molar-refractivity contribution is 5.78. The zero-order valence-corrected chi connectivity index (χ0v) is 16.4. The molecule has 29 heavy (non-hydrogen) atoms. The maximum absolute atomic E-state index is 12.6. The second kappa shape index (κ2) is 8.31. The molecule has 0 radical (unpaired) electrons. The van der Waals surface area contributed by atoms with E-state index in [4.69, 9.17) is 4.74 Å². The number of ether oxygens (including phenoxy) is 1. The molecular weight excluding hydrogens is 366 g/mol. The van der Waals surface area contributed by atoms with Gasteiger partial charge in [-0.15, -0.1) is 0 Å². The summed E-state index contributed by atoms with van der Waals surface area (Å²) < 4.78 is 5.54. The van der Waals surface area contributed by atoms with Gasteiger partial charge in [-0.25, -0.2) is 4.98 Å². The highest BCUT2D eigenvalue weighted by Crippen LogP contribution is 2.16. The minimum Gasteiger partial charge on any atom is -0.484 e. The summed E-state index contributed by atoms with van der Waals surface area (Å²) in [4.78, 5) is 34.3. The van der Waals surface area contributed by atoms with Crippen molar-refractivity contribution in [1.82, 2.24) is 14.9 Å². The fourth-order valence-corrected chi connectivity index (χ4v) is 3.43. The summed E-state index contributed by atoms with van der Waals surface area (Å²) in [7, 11) is 0. The molecule has 0 saturated heterocycles. The number of H-pyrrole nitrogens is 1. The Morgan fingerprint density at radius 2 is 1.90 bits per heavy atom. The lowest BCUT2D eigenvalue weighted by molar-refractivity contribution is -0.134. The maximum atomic E-state index is 12.6. The number of amides is 1. The van der Waals surface area contributed by atoms with Gasteiger partial charge in [-0.3, -0.25) is 9.59 Å². The predicted molar refractivity (Wildman–Crippen MR) is 110 cm³/mol. The molecule has 0 aliphatic carbocycles. The summed E-state index contributed by atoms with van der Waals surface area (Å²) in [5, 5.41) is 0. The van der Waals surface area contributed by atoms with Gasteiger partial charge >= 0.3 is 0 Å². The Bertz CT molecular complexity index is 1060. The molecule has 1 aromatic heterocycles. The molecular formula is C23H23N3O3. The first-order valence-electron chi connectivity index (χ1n) is 9.70. The van der Waals surface area contributed by atoms with Crippen LogP contribution in [-0.4, -0.2) is 33.9 Å². The van der Waals surface area contributed by atoms with Crippen LogP contribution in [0, 0.1) is 6.92 Å². The molecule has 2 aromatic carbocycles. The second-order valence-electron chi connectivity index (χ2n) is 7.27. The van der Waals surface area contributed by atoms with Gasteiger partial charge in [0.15, 0.2) is 6.61 Å². The molecule has 1 N–H and O–H groups in total. The van der Waals surface area contributed by atoms with Crippen molar-refractivity contribution >= 4 is 5.91 Å². The number of aryl methyl sites for hydroxylation is 1. The fourth-order valence-electron chi connectivity index (χ4n) is 3.43. The summed E-state index contributed by atoms with van der Waals surface area (Å²) in [6, 6.07) is 17.4. The number of nitrogens with one attached hydrogen (secondary N) is 1. The highest BCUT2D eigenvalue weighted by atomic mass is 16.5. The molecule has 0 spiro atoms. The minimum atomic E-state index is -0.168. The van der Waals surface area contributed by atoms with Gasteiger partial charge in [0.05, 0.1) is 17.8 Å². The average Bonchev–Trinajstić information content (AvgIpc) is 2.74. The Labute approximate surface area is 169 Å². The van der Waals surface area contributed by atoms with E-state index in [1.54, 1.807) is 4.90 Å². The molecule has 6 nitrogen and oxygen atoms in total. The molecule has 0 bridgehead atoms. The van der Waals surface area contributed by atoms with Crippen molar-refractivity contribution in [3.05, 3.63) is 93.2 Å². The zero-order valence-electron chi connectivity index (χ0n) is 16.4. The SMILES string of the molecule is Cc1ccc(Cc2nc3c(c(=O)[nH]2)CN(C(=O)COc2ccccc2)CC3)cc1. The van der Waals surface area contributed by atoms with Crippen LogP contribution < -0.4 is 10.3 Å². The fraction of sp³-hybridized carbons (Fsp3) is 0.261. The molecule has 0 atom stereocenters. The Morgan fingerprint density at radius 1 is 1.14 bits per heavy atom. The number of para-hydroxylation sites is 1. The van der Waals surface area contributed by atoms with Crippen LogP contribution in [0.2, 0.25) is 0 Å². The molecule has 1 aliphatic heterocycles. The number of carbonyl (C=O) groups is 1. The summed E-state index contributed by atoms with van der Waals surface area (Å²) in [6.07, 6.45) is 1.15. The number of hydrogen-bond acceptors (Lipinski definition) is 4. The van der Waals surface area contributed by atoms with Crippen molar-refractivity contribution in [1.29, 1.82) is 0 Å². The lowest BCUT2D eigenvalue weighted by Gasteiger charge is -2.27. The zero-order chi connectivity index (χ0) is 20.2. The van der Waals surface area contributed by atoms with Crippen LogP contribution in [-0.2, 0) is 24.2 Å². The molecule has 3 aromatic rings. The van der Waals surface area contributed by atoms with Gasteiger partial charge in [0, 0.05) is 19.4 Å². The van der Waals surface area contributed by atoms with Crippen molar-refractivity contribution in [2.75, 3.05) is 13.2 Å². The lowest BCUT2D eigenvalue weighted by atomic mass is 10.1. The van der Waals surface area contributed by atoms with E-state index >= 15 is 0 Å². The largest absolute Gasteiger partial charge is 0.484 e. The highest BCUT2D eigenvalue weighted by Gasteiger charge is 2.24. The summed E-state index contributed by atoms with van der Waals surface area (Å²) in [5.41, 5.74) is 3.48. The Hall–Kier alpha value is -3.41. The van der Waals surface area contributed by atoms with Gasteiger partial charge in [0.2, 0.25) is 0 Å². The molecule has 148 valence electrons. The number of rotatable bonds is 5. The van der Waals surface area contributed by atoms with Gasteiger partial charge in [-0.2, -0.15) is 0 Å². The number of fused-ring (bicyclic) bond motifs is 1. The van der Waals surface area contributed by atoms with E-state index in [1.807, 2.05) is 61.5 Å². The third-order valence-corrected chi connectivity index (χ3v) is 5.07. The number of aromatic amines is 1. The van der Waals surface area contributed by atoms with Crippen LogP contribution in [0.5, 0.6) is 5.75 Å². The van der Waals surface area contributed by atoms with Gasteiger partial charge in [-0.05, 0) is 24.6 Å². The molecule has 0 saturated carbocycles. The average molecular weight is 389 g/mol. The van der Waals surface area contributed by atoms with Crippen molar-refractivity contribution in [3.63, 3.8) is 0 Å². The van der Waals surface area contributed by atoms with Gasteiger partial charge < -0.3 is 14.6 Å². The molecule has 4 rings (SSSR count). The van der Waals surface area contributed by atoms with E-state index in [1.165, 1.54) is 5.56 Å². The predicted octanol–water partition coefficient (Wildman–Crippen LogP) is 2.63. The monoisotopic (exact) mass is 389 g/mol. The smallest absolute Gasteiger partial charge is 0.260 e. The van der Waals surface area contributed by atoms with E-state index in [0.717, 1.165) is 11.3 Å². The Balaban J connectivity index is 1.43. The van der Waals surface area contributed by atoms with E-state index in [2.05, 4.69) is 9.97 Å². The Morgan fingerprint density at radius 3 is 2.66 bits per heavy atom. The van der Waals surface area contributed by atoms with Gasteiger partial charge in [0.25, 0.3) is 11.5 Å². The van der Waals surface area contributed by atoms with Crippen LogP contribution >= 0.6 is 0 Å². The van der Waals surface area contributed by atoms with E-state index in [0.29, 0.717) is 36.5 Å². The molecule has 1 amide bonds. The first-order chi connectivity index (χ1) is 14.1. The van der Waals surface area contributed by atoms with Crippen LogP contribution in [0.4, 0.5) is 0 Å². The Kier molecular flexibility index (Phi) is 5.42.